The molecule has 1 aromatic carbocycles. The van der Waals surface area contributed by atoms with Gasteiger partial charge in [0, 0.05) is 18.8 Å². The average molecular weight is 260 g/mol. The predicted molar refractivity (Wildman–Crippen MR) is 72.5 cm³/mol. The molecule has 0 saturated heterocycles. The Kier molecular flexibility index (Phi) is 3.85. The summed E-state index contributed by atoms with van der Waals surface area (Å²) in [5.74, 6) is -0.970. The van der Waals surface area contributed by atoms with Gasteiger partial charge in [-0.25, -0.2) is 9.59 Å². The number of carbonyl (C=O) groups excluding carboxylic acids is 1. The van der Waals surface area contributed by atoms with E-state index < -0.39 is 5.97 Å². The number of nitrogens with one attached hydrogen (secondary N) is 1. The third-order valence-electron chi connectivity index (χ3n) is 3.06. The highest BCUT2D eigenvalue weighted by Crippen LogP contribution is 2.17. The van der Waals surface area contributed by atoms with E-state index in [0.29, 0.717) is 18.8 Å². The molecule has 0 aromatic heterocycles. The highest BCUT2D eigenvalue weighted by Gasteiger charge is 2.15. The quantitative estimate of drug-likeness (QED) is 0.803. The van der Waals surface area contributed by atoms with Crippen molar-refractivity contribution in [2.45, 2.75) is 13.3 Å². The lowest BCUT2D eigenvalue weighted by molar-refractivity contribution is 0.0697. The van der Waals surface area contributed by atoms with Crippen LogP contribution < -0.4 is 5.32 Å². The van der Waals surface area contributed by atoms with Crippen LogP contribution in [-0.2, 0) is 0 Å². The minimum atomic E-state index is -0.970. The van der Waals surface area contributed by atoms with Gasteiger partial charge in [0.2, 0.25) is 0 Å². The van der Waals surface area contributed by atoms with E-state index in [1.165, 1.54) is 6.07 Å². The average Bonchev–Trinajstić information content (AvgIpc) is 2.41. The fourth-order valence-corrected chi connectivity index (χ4v) is 1.96. The molecular weight excluding hydrogens is 244 g/mol. The number of hydrogen-bond donors (Lipinski definition) is 2. The number of hydrogen-bond acceptors (Lipinski definition) is 2. The van der Waals surface area contributed by atoms with Gasteiger partial charge in [0.1, 0.15) is 0 Å². The fraction of sp³-hybridized carbons (Fsp3) is 0.286. The summed E-state index contributed by atoms with van der Waals surface area (Å²) >= 11 is 0. The third kappa shape index (κ3) is 3.13. The van der Waals surface area contributed by atoms with Crippen molar-refractivity contribution in [1.82, 2.24) is 4.90 Å². The molecule has 5 heteroatoms. The molecule has 1 aliphatic heterocycles. The molecule has 2 amide bonds. The number of urea groups is 1. The van der Waals surface area contributed by atoms with Crippen LogP contribution >= 0.6 is 0 Å². The molecule has 0 atom stereocenters. The summed E-state index contributed by atoms with van der Waals surface area (Å²) in [5, 5.41) is 11.7. The molecule has 0 radical (unpaired) electrons. The van der Waals surface area contributed by atoms with Crippen molar-refractivity contribution in [3.63, 3.8) is 0 Å². The maximum absolute atomic E-state index is 12.0. The summed E-state index contributed by atoms with van der Waals surface area (Å²) in [7, 11) is 0. The van der Waals surface area contributed by atoms with Gasteiger partial charge >= 0.3 is 12.0 Å². The summed E-state index contributed by atoms with van der Waals surface area (Å²) in [4.78, 5) is 24.5. The van der Waals surface area contributed by atoms with Crippen molar-refractivity contribution in [2.24, 2.45) is 0 Å². The second-order valence-corrected chi connectivity index (χ2v) is 4.47. The maximum Gasteiger partial charge on any atom is 0.335 e. The van der Waals surface area contributed by atoms with E-state index in [1.807, 2.05) is 6.08 Å². The smallest absolute Gasteiger partial charge is 0.335 e. The standard InChI is InChI=1S/C14H16N2O3/c1-10-9-11(13(17)18)5-6-12(10)15-14(19)16-7-3-2-4-8-16/h2-3,5-6,9H,4,7-8H2,1H3,(H,15,19)(H,17,18). The largest absolute Gasteiger partial charge is 0.478 e. The van der Waals surface area contributed by atoms with Gasteiger partial charge in [-0.15, -0.1) is 0 Å². The number of aromatic carboxylic acids is 1. The van der Waals surface area contributed by atoms with E-state index in [2.05, 4.69) is 11.4 Å². The molecule has 19 heavy (non-hydrogen) atoms. The first kappa shape index (κ1) is 13.1. The van der Waals surface area contributed by atoms with Gasteiger partial charge in [-0.05, 0) is 37.1 Å². The van der Waals surface area contributed by atoms with E-state index in [1.54, 1.807) is 24.0 Å². The van der Waals surface area contributed by atoms with Gasteiger partial charge in [0.15, 0.2) is 0 Å². The molecule has 100 valence electrons. The number of amides is 2. The molecule has 0 spiro atoms. The van der Waals surface area contributed by atoms with Crippen LogP contribution in [0.1, 0.15) is 22.3 Å². The van der Waals surface area contributed by atoms with Gasteiger partial charge in [-0.3, -0.25) is 0 Å². The molecule has 0 fully saturated rings. The molecule has 0 bridgehead atoms. The van der Waals surface area contributed by atoms with E-state index in [9.17, 15) is 9.59 Å². The second-order valence-electron chi connectivity index (χ2n) is 4.47. The van der Waals surface area contributed by atoms with Crippen molar-refractivity contribution in [3.05, 3.63) is 41.5 Å². The number of carbonyl (C=O) groups is 2. The molecule has 1 heterocycles. The molecule has 1 aliphatic rings. The molecule has 2 rings (SSSR count). The summed E-state index contributed by atoms with van der Waals surface area (Å²) < 4.78 is 0. The zero-order chi connectivity index (χ0) is 13.8. The highest BCUT2D eigenvalue weighted by atomic mass is 16.4. The molecule has 2 N–H and O–H groups in total. The monoisotopic (exact) mass is 260 g/mol. The Labute approximate surface area is 111 Å². The summed E-state index contributed by atoms with van der Waals surface area (Å²) in [6.07, 6.45) is 4.88. The second kappa shape index (κ2) is 5.56. The minimum Gasteiger partial charge on any atom is -0.478 e. The predicted octanol–water partition coefficient (Wildman–Crippen LogP) is 2.49. The van der Waals surface area contributed by atoms with Crippen LogP contribution in [0, 0.1) is 6.92 Å². The molecule has 0 aliphatic carbocycles. The van der Waals surface area contributed by atoms with Gasteiger partial charge < -0.3 is 15.3 Å². The molecule has 1 aromatic rings. The lowest BCUT2D eigenvalue weighted by Gasteiger charge is -2.24. The minimum absolute atomic E-state index is 0.157. The van der Waals surface area contributed by atoms with E-state index in [-0.39, 0.29) is 11.6 Å². The Morgan fingerprint density at radius 1 is 1.32 bits per heavy atom. The molecule has 0 unspecified atom stereocenters. The number of carboxylic acid groups (broad SMARTS) is 1. The Bertz CT molecular complexity index is 537. The number of rotatable bonds is 2. The molecule has 0 saturated carbocycles. The number of nitrogens with zero attached hydrogens (tertiary/aromatic N) is 1. The van der Waals surface area contributed by atoms with E-state index in [0.717, 1.165) is 12.0 Å². The van der Waals surface area contributed by atoms with E-state index in [4.69, 9.17) is 5.11 Å². The summed E-state index contributed by atoms with van der Waals surface area (Å²) in [6.45, 7) is 3.09. The van der Waals surface area contributed by atoms with Crippen LogP contribution in [0.5, 0.6) is 0 Å². The zero-order valence-electron chi connectivity index (χ0n) is 10.7. The highest BCUT2D eigenvalue weighted by molar-refractivity contribution is 5.92. The molecule has 5 nitrogen and oxygen atoms in total. The van der Waals surface area contributed by atoms with Crippen LogP contribution in [0.25, 0.3) is 0 Å². The number of anilines is 1. The number of carboxylic acids is 1. The van der Waals surface area contributed by atoms with Crippen molar-refractivity contribution in [3.8, 4) is 0 Å². The zero-order valence-corrected chi connectivity index (χ0v) is 10.7. The van der Waals surface area contributed by atoms with Crippen LogP contribution in [-0.4, -0.2) is 35.1 Å². The lowest BCUT2D eigenvalue weighted by Crippen LogP contribution is -2.37. The number of aryl methyl sites for hydroxylation is 1. The lowest BCUT2D eigenvalue weighted by atomic mass is 10.1. The van der Waals surface area contributed by atoms with Gasteiger partial charge in [-0.2, -0.15) is 0 Å². The van der Waals surface area contributed by atoms with Crippen molar-refractivity contribution < 1.29 is 14.7 Å². The first-order valence-electron chi connectivity index (χ1n) is 6.13. The SMILES string of the molecule is Cc1cc(C(=O)O)ccc1NC(=O)N1CC=CCC1. The summed E-state index contributed by atoms with van der Waals surface area (Å²) in [6, 6.07) is 4.50. The molecular formula is C14H16N2O3. The summed E-state index contributed by atoms with van der Waals surface area (Å²) in [5.41, 5.74) is 1.60. The first-order valence-corrected chi connectivity index (χ1v) is 6.13. The van der Waals surface area contributed by atoms with Gasteiger partial charge in [0.05, 0.1) is 5.56 Å². The Balaban J connectivity index is 2.08. The first-order chi connectivity index (χ1) is 9.08. The topological polar surface area (TPSA) is 69.6 Å². The van der Waals surface area contributed by atoms with Crippen molar-refractivity contribution in [1.29, 1.82) is 0 Å². The van der Waals surface area contributed by atoms with Gasteiger partial charge in [-0.1, -0.05) is 12.2 Å². The van der Waals surface area contributed by atoms with Crippen molar-refractivity contribution >= 4 is 17.7 Å². The van der Waals surface area contributed by atoms with Crippen LogP contribution in [0.15, 0.2) is 30.4 Å². The number of benzene rings is 1. The van der Waals surface area contributed by atoms with Crippen molar-refractivity contribution in [2.75, 3.05) is 18.4 Å². The van der Waals surface area contributed by atoms with Crippen LogP contribution in [0.4, 0.5) is 10.5 Å². The normalized spacial score (nSPS) is 14.3. The van der Waals surface area contributed by atoms with Crippen LogP contribution in [0.3, 0.4) is 0 Å². The van der Waals surface area contributed by atoms with E-state index >= 15 is 0 Å². The Morgan fingerprint density at radius 2 is 2.11 bits per heavy atom. The Morgan fingerprint density at radius 3 is 2.68 bits per heavy atom. The Hall–Kier alpha value is -2.30. The fourth-order valence-electron chi connectivity index (χ4n) is 1.96. The maximum atomic E-state index is 12.0. The van der Waals surface area contributed by atoms with Gasteiger partial charge in [0.25, 0.3) is 0 Å². The third-order valence-corrected chi connectivity index (χ3v) is 3.06. The van der Waals surface area contributed by atoms with Crippen LogP contribution in [0.2, 0.25) is 0 Å².